The van der Waals surface area contributed by atoms with Crippen molar-refractivity contribution in [1.82, 2.24) is 15.2 Å². The molecule has 5 nitrogen and oxygen atoms in total. The molecule has 0 aliphatic carbocycles. The summed E-state index contributed by atoms with van der Waals surface area (Å²) >= 11 is 0. The van der Waals surface area contributed by atoms with Crippen molar-refractivity contribution >= 4 is 17.5 Å². The fraction of sp³-hybridized carbons (Fsp3) is 0.118. The van der Waals surface area contributed by atoms with Gasteiger partial charge >= 0.3 is 0 Å². The van der Waals surface area contributed by atoms with E-state index in [4.69, 9.17) is 0 Å². The maximum absolute atomic E-state index is 13.7. The predicted octanol–water partition coefficient (Wildman–Crippen LogP) is 3.95. The number of rotatable bonds is 5. The summed E-state index contributed by atoms with van der Waals surface area (Å²) in [7, 11) is 0. The van der Waals surface area contributed by atoms with Crippen molar-refractivity contribution in [2.75, 3.05) is 10.6 Å². The van der Waals surface area contributed by atoms with Crippen molar-refractivity contribution in [3.05, 3.63) is 71.2 Å². The minimum absolute atomic E-state index is 0.146. The number of nitrogens with zero attached hydrogens (tertiary/aromatic N) is 3. The average Bonchev–Trinajstić information content (AvgIpc) is 2.62. The highest BCUT2D eigenvalue weighted by Gasteiger charge is 2.14. The van der Waals surface area contributed by atoms with Crippen molar-refractivity contribution in [1.29, 1.82) is 0 Å². The number of nitrogens with one attached hydrogen (secondary N) is 2. The van der Waals surface area contributed by atoms with Crippen LogP contribution in [0, 0.1) is 24.4 Å². The molecule has 0 atom stereocenters. The molecule has 8 heteroatoms. The molecular formula is C17H14F3N5. The van der Waals surface area contributed by atoms with Crippen LogP contribution in [0.4, 0.5) is 30.6 Å². The molecule has 3 rings (SSSR count). The van der Waals surface area contributed by atoms with Crippen LogP contribution in [-0.4, -0.2) is 15.2 Å². The number of anilines is 3. The Morgan fingerprint density at radius 3 is 2.60 bits per heavy atom. The van der Waals surface area contributed by atoms with E-state index in [0.717, 1.165) is 23.3 Å². The van der Waals surface area contributed by atoms with E-state index in [0.29, 0.717) is 6.54 Å². The normalized spacial score (nSPS) is 10.6. The molecule has 0 saturated carbocycles. The van der Waals surface area contributed by atoms with Crippen LogP contribution in [-0.2, 0) is 6.54 Å². The van der Waals surface area contributed by atoms with Gasteiger partial charge in [-0.1, -0.05) is 24.3 Å². The highest BCUT2D eigenvalue weighted by molar-refractivity contribution is 5.57. The van der Waals surface area contributed by atoms with E-state index in [-0.39, 0.29) is 17.5 Å². The van der Waals surface area contributed by atoms with Crippen LogP contribution in [0.2, 0.25) is 0 Å². The third kappa shape index (κ3) is 3.85. The summed E-state index contributed by atoms with van der Waals surface area (Å²) in [6, 6.07) is 9.72. The van der Waals surface area contributed by atoms with E-state index in [2.05, 4.69) is 25.8 Å². The third-order valence-corrected chi connectivity index (χ3v) is 3.55. The molecule has 1 heterocycles. The number of benzene rings is 2. The van der Waals surface area contributed by atoms with Gasteiger partial charge in [0, 0.05) is 6.54 Å². The van der Waals surface area contributed by atoms with Crippen molar-refractivity contribution < 1.29 is 13.2 Å². The lowest BCUT2D eigenvalue weighted by molar-refractivity contribution is 0.449. The van der Waals surface area contributed by atoms with Gasteiger partial charge in [-0.3, -0.25) is 0 Å². The number of hydrogen-bond donors (Lipinski definition) is 2. The Morgan fingerprint density at radius 2 is 1.80 bits per heavy atom. The Balaban J connectivity index is 1.74. The first kappa shape index (κ1) is 16.7. The van der Waals surface area contributed by atoms with Crippen LogP contribution in [0.5, 0.6) is 0 Å². The van der Waals surface area contributed by atoms with Gasteiger partial charge in [0.15, 0.2) is 23.3 Å². The molecule has 0 unspecified atom stereocenters. The smallest absolute Gasteiger partial charge is 0.244 e. The highest BCUT2D eigenvalue weighted by Crippen LogP contribution is 2.22. The number of halogens is 3. The zero-order valence-electron chi connectivity index (χ0n) is 13.2. The first-order chi connectivity index (χ1) is 12.0. The van der Waals surface area contributed by atoms with E-state index < -0.39 is 17.5 Å². The minimum atomic E-state index is -1.55. The third-order valence-electron chi connectivity index (χ3n) is 3.55. The van der Waals surface area contributed by atoms with Gasteiger partial charge < -0.3 is 10.6 Å². The maximum Gasteiger partial charge on any atom is 0.244 e. The van der Waals surface area contributed by atoms with Crippen LogP contribution < -0.4 is 10.6 Å². The van der Waals surface area contributed by atoms with E-state index in [1.54, 1.807) is 0 Å². The number of aromatic nitrogens is 3. The van der Waals surface area contributed by atoms with Gasteiger partial charge in [-0.2, -0.15) is 10.1 Å². The summed E-state index contributed by atoms with van der Waals surface area (Å²) in [6.07, 6.45) is 1.25. The molecule has 0 saturated heterocycles. The Bertz CT molecular complexity index is 901. The Morgan fingerprint density at radius 1 is 1.00 bits per heavy atom. The van der Waals surface area contributed by atoms with Gasteiger partial charge in [0.05, 0.1) is 11.9 Å². The summed E-state index contributed by atoms with van der Waals surface area (Å²) in [4.78, 5) is 4.13. The lowest BCUT2D eigenvalue weighted by atomic mass is 10.1. The molecule has 2 aromatic carbocycles. The van der Waals surface area contributed by atoms with Crippen molar-refractivity contribution in [3.63, 3.8) is 0 Å². The fourth-order valence-electron chi connectivity index (χ4n) is 2.18. The predicted molar refractivity (Wildman–Crippen MR) is 87.9 cm³/mol. The maximum atomic E-state index is 13.7. The van der Waals surface area contributed by atoms with Gasteiger partial charge in [-0.05, 0) is 30.2 Å². The largest absolute Gasteiger partial charge is 0.349 e. The summed E-state index contributed by atoms with van der Waals surface area (Å²) in [5.41, 5.74) is 1.93. The van der Waals surface area contributed by atoms with Gasteiger partial charge in [0.25, 0.3) is 0 Å². The van der Waals surface area contributed by atoms with Crippen LogP contribution in [0.15, 0.2) is 42.6 Å². The quantitative estimate of drug-likeness (QED) is 0.686. The number of aryl methyl sites for hydroxylation is 1. The van der Waals surface area contributed by atoms with Crippen LogP contribution >= 0.6 is 0 Å². The fourth-order valence-corrected chi connectivity index (χ4v) is 2.18. The average molecular weight is 345 g/mol. The van der Waals surface area contributed by atoms with Gasteiger partial charge in [-0.15, -0.1) is 5.10 Å². The molecule has 0 aliphatic heterocycles. The van der Waals surface area contributed by atoms with Crippen LogP contribution in [0.25, 0.3) is 0 Å². The summed E-state index contributed by atoms with van der Waals surface area (Å²) in [6.45, 7) is 2.47. The molecule has 2 N–H and O–H groups in total. The number of hydrogen-bond acceptors (Lipinski definition) is 5. The molecule has 0 bridgehead atoms. The standard InChI is InChI=1S/C17H14F3N5/c1-10-4-2-3-5-11(10)8-21-17-24-14(9-22-25-17)23-13-7-6-12(18)15(19)16(13)20/h2-7,9H,8H2,1H3,(H2,21,23,24,25). The Labute approximate surface area is 141 Å². The van der Waals surface area contributed by atoms with Crippen molar-refractivity contribution in [2.24, 2.45) is 0 Å². The first-order valence-electron chi connectivity index (χ1n) is 7.43. The minimum Gasteiger partial charge on any atom is -0.349 e. The molecule has 0 amide bonds. The highest BCUT2D eigenvalue weighted by atomic mass is 19.2. The Hall–Kier alpha value is -3.16. The van der Waals surface area contributed by atoms with E-state index >= 15 is 0 Å². The van der Waals surface area contributed by atoms with Crippen molar-refractivity contribution in [2.45, 2.75) is 13.5 Å². The van der Waals surface area contributed by atoms with Gasteiger partial charge in [-0.25, -0.2) is 13.2 Å². The molecule has 0 aliphatic rings. The molecule has 1 aromatic heterocycles. The first-order valence-corrected chi connectivity index (χ1v) is 7.43. The van der Waals surface area contributed by atoms with E-state index in [1.165, 1.54) is 6.20 Å². The Kier molecular flexibility index (Phi) is 4.78. The van der Waals surface area contributed by atoms with Gasteiger partial charge in [0.2, 0.25) is 5.95 Å². The van der Waals surface area contributed by atoms with Gasteiger partial charge in [0.1, 0.15) is 0 Å². The molecule has 0 spiro atoms. The lowest BCUT2D eigenvalue weighted by Crippen LogP contribution is -2.08. The molecule has 0 radical (unpaired) electrons. The molecule has 0 fully saturated rings. The zero-order chi connectivity index (χ0) is 17.8. The molecule has 25 heavy (non-hydrogen) atoms. The molecule has 3 aromatic rings. The monoisotopic (exact) mass is 345 g/mol. The zero-order valence-corrected chi connectivity index (χ0v) is 13.2. The second kappa shape index (κ2) is 7.16. The van der Waals surface area contributed by atoms with Crippen molar-refractivity contribution in [3.8, 4) is 0 Å². The second-order valence-electron chi connectivity index (χ2n) is 5.29. The topological polar surface area (TPSA) is 62.7 Å². The second-order valence-corrected chi connectivity index (χ2v) is 5.29. The van der Waals surface area contributed by atoms with E-state index in [9.17, 15) is 13.2 Å². The SMILES string of the molecule is Cc1ccccc1CNc1nncc(Nc2ccc(F)c(F)c2F)n1. The molecule has 128 valence electrons. The summed E-state index contributed by atoms with van der Waals surface area (Å²) < 4.78 is 39.9. The van der Waals surface area contributed by atoms with Crippen LogP contribution in [0.1, 0.15) is 11.1 Å². The summed E-state index contributed by atoms with van der Waals surface area (Å²) in [5, 5.41) is 13.2. The lowest BCUT2D eigenvalue weighted by Gasteiger charge is -2.10. The van der Waals surface area contributed by atoms with Crippen LogP contribution in [0.3, 0.4) is 0 Å². The molecular weight excluding hydrogens is 331 g/mol. The summed E-state index contributed by atoms with van der Waals surface area (Å²) in [5.74, 6) is -3.77. The van der Waals surface area contributed by atoms with E-state index in [1.807, 2.05) is 31.2 Å².